The normalized spacial score (nSPS) is 18.8. The number of hydrogen-bond acceptors (Lipinski definition) is 3. The fourth-order valence-corrected chi connectivity index (χ4v) is 4.32. The third-order valence-electron chi connectivity index (χ3n) is 6.23. The highest BCUT2D eigenvalue weighted by atomic mass is 19.4. The highest BCUT2D eigenvalue weighted by Crippen LogP contribution is 2.32. The van der Waals surface area contributed by atoms with Crippen molar-refractivity contribution in [3.63, 3.8) is 0 Å². The molecule has 3 nitrogen and oxygen atoms in total. The molecule has 0 aromatic heterocycles. The Kier molecular flexibility index (Phi) is 8.04. The number of alkyl halides is 3. The van der Waals surface area contributed by atoms with Gasteiger partial charge in [0.2, 0.25) is 0 Å². The van der Waals surface area contributed by atoms with Gasteiger partial charge in [-0.15, -0.1) is 0 Å². The summed E-state index contributed by atoms with van der Waals surface area (Å²) in [5.41, 5.74) is 0.549. The summed E-state index contributed by atoms with van der Waals surface area (Å²) < 4.78 is 83.7. The average Bonchev–Trinajstić information content (AvgIpc) is 2.82. The van der Waals surface area contributed by atoms with Gasteiger partial charge in [-0.05, 0) is 53.5 Å². The van der Waals surface area contributed by atoms with Crippen LogP contribution >= 0.6 is 0 Å². The van der Waals surface area contributed by atoms with Crippen LogP contribution in [0.1, 0.15) is 28.7 Å². The van der Waals surface area contributed by atoms with Gasteiger partial charge in [-0.3, -0.25) is 0 Å². The van der Waals surface area contributed by atoms with E-state index in [-0.39, 0.29) is 30.9 Å². The predicted octanol–water partition coefficient (Wildman–Crippen LogP) is 6.49. The summed E-state index contributed by atoms with van der Waals surface area (Å²) in [4.78, 5) is 0. The lowest BCUT2D eigenvalue weighted by molar-refractivity contribution is -0.208. The second kappa shape index (κ2) is 11.0. The van der Waals surface area contributed by atoms with E-state index in [4.69, 9.17) is 14.2 Å². The summed E-state index contributed by atoms with van der Waals surface area (Å²) in [7, 11) is 1.65. The zero-order valence-electron chi connectivity index (χ0n) is 19.3. The zero-order chi connectivity index (χ0) is 25.0. The van der Waals surface area contributed by atoms with Crippen molar-refractivity contribution < 1.29 is 36.2 Å². The first-order valence-corrected chi connectivity index (χ1v) is 11.5. The first-order chi connectivity index (χ1) is 16.7. The van der Waals surface area contributed by atoms with Gasteiger partial charge >= 0.3 is 6.18 Å². The summed E-state index contributed by atoms with van der Waals surface area (Å²) in [5.74, 6) is -1.45. The molecule has 35 heavy (non-hydrogen) atoms. The third-order valence-corrected chi connectivity index (χ3v) is 6.23. The minimum absolute atomic E-state index is 0.224. The van der Waals surface area contributed by atoms with Crippen LogP contribution in [0.5, 0.6) is 0 Å². The SMILES string of the molecule is COCC1COC(CCc2ccc3c(F)c(CCc4ccc(C(F)(F)F)c(F)c4)ccc3c2)OC1. The molecular weight excluding hydrogens is 467 g/mol. The van der Waals surface area contributed by atoms with Crippen LogP contribution < -0.4 is 0 Å². The minimum atomic E-state index is -4.74. The molecule has 1 aliphatic heterocycles. The highest BCUT2D eigenvalue weighted by molar-refractivity contribution is 5.84. The third kappa shape index (κ3) is 6.37. The van der Waals surface area contributed by atoms with Crippen LogP contribution in [0, 0.1) is 17.6 Å². The van der Waals surface area contributed by atoms with Gasteiger partial charge in [-0.1, -0.05) is 36.4 Å². The lowest BCUT2D eigenvalue weighted by Crippen LogP contribution is -2.34. The number of hydrogen-bond donors (Lipinski definition) is 0. The van der Waals surface area contributed by atoms with Gasteiger partial charge in [0.15, 0.2) is 6.29 Å². The lowest BCUT2D eigenvalue weighted by Gasteiger charge is -2.29. The van der Waals surface area contributed by atoms with Gasteiger partial charge in [0.05, 0.1) is 25.4 Å². The maximum Gasteiger partial charge on any atom is 0.419 e. The minimum Gasteiger partial charge on any atom is -0.384 e. The average molecular weight is 495 g/mol. The van der Waals surface area contributed by atoms with Gasteiger partial charge in [0.1, 0.15) is 11.6 Å². The van der Waals surface area contributed by atoms with E-state index in [1.165, 1.54) is 6.07 Å². The largest absolute Gasteiger partial charge is 0.419 e. The predicted molar refractivity (Wildman–Crippen MR) is 122 cm³/mol. The smallest absolute Gasteiger partial charge is 0.384 e. The monoisotopic (exact) mass is 494 g/mol. The first-order valence-electron chi connectivity index (χ1n) is 11.5. The van der Waals surface area contributed by atoms with E-state index in [1.54, 1.807) is 19.2 Å². The molecule has 3 aromatic carbocycles. The molecule has 0 aliphatic carbocycles. The van der Waals surface area contributed by atoms with Crippen LogP contribution in [-0.2, 0) is 39.6 Å². The molecule has 1 aliphatic rings. The Morgan fingerprint density at radius 2 is 1.60 bits per heavy atom. The molecule has 188 valence electrons. The van der Waals surface area contributed by atoms with Gasteiger partial charge in [0, 0.05) is 24.8 Å². The van der Waals surface area contributed by atoms with Crippen molar-refractivity contribution in [2.45, 2.75) is 38.1 Å². The van der Waals surface area contributed by atoms with Crippen molar-refractivity contribution in [1.29, 1.82) is 0 Å². The highest BCUT2D eigenvalue weighted by Gasteiger charge is 2.33. The van der Waals surface area contributed by atoms with E-state index in [9.17, 15) is 17.6 Å². The molecule has 1 saturated heterocycles. The van der Waals surface area contributed by atoms with E-state index in [0.717, 1.165) is 29.5 Å². The maximum absolute atomic E-state index is 15.1. The molecule has 0 spiro atoms. The number of rotatable bonds is 8. The van der Waals surface area contributed by atoms with E-state index in [2.05, 4.69) is 0 Å². The maximum atomic E-state index is 15.1. The number of methoxy groups -OCH3 is 1. The molecule has 0 amide bonds. The number of aryl methyl sites for hydroxylation is 3. The molecule has 0 unspecified atom stereocenters. The van der Waals surface area contributed by atoms with Gasteiger partial charge in [-0.25, -0.2) is 8.78 Å². The Morgan fingerprint density at radius 3 is 2.29 bits per heavy atom. The van der Waals surface area contributed by atoms with Gasteiger partial charge < -0.3 is 14.2 Å². The molecular formula is C27H27F5O3. The molecule has 0 saturated carbocycles. The Morgan fingerprint density at radius 1 is 0.886 bits per heavy atom. The van der Waals surface area contributed by atoms with Crippen molar-refractivity contribution in [2.24, 2.45) is 5.92 Å². The molecule has 3 aromatic rings. The second-order valence-corrected chi connectivity index (χ2v) is 8.86. The van der Waals surface area contributed by atoms with Crippen LogP contribution in [0.3, 0.4) is 0 Å². The topological polar surface area (TPSA) is 27.7 Å². The van der Waals surface area contributed by atoms with Crippen LogP contribution in [0.2, 0.25) is 0 Å². The Hall–Kier alpha value is -2.55. The second-order valence-electron chi connectivity index (χ2n) is 8.86. The van der Waals surface area contributed by atoms with E-state index >= 15 is 4.39 Å². The van der Waals surface area contributed by atoms with Crippen LogP contribution in [0.25, 0.3) is 10.8 Å². The van der Waals surface area contributed by atoms with E-state index in [0.29, 0.717) is 42.8 Å². The number of halogens is 5. The van der Waals surface area contributed by atoms with Crippen molar-refractivity contribution >= 4 is 10.8 Å². The lowest BCUT2D eigenvalue weighted by atomic mass is 9.97. The van der Waals surface area contributed by atoms with Gasteiger partial charge in [0.25, 0.3) is 0 Å². The molecule has 0 radical (unpaired) electrons. The van der Waals surface area contributed by atoms with Crippen molar-refractivity contribution in [1.82, 2.24) is 0 Å². The molecule has 8 heteroatoms. The molecule has 0 bridgehead atoms. The quantitative estimate of drug-likeness (QED) is 0.335. The van der Waals surface area contributed by atoms with Crippen LogP contribution in [0.4, 0.5) is 22.0 Å². The summed E-state index contributed by atoms with van der Waals surface area (Å²) in [6.45, 7) is 1.80. The molecule has 0 N–H and O–H groups in total. The number of benzene rings is 3. The zero-order valence-corrected chi connectivity index (χ0v) is 19.3. The Balaban J connectivity index is 1.37. The Labute approximate surface area is 200 Å². The molecule has 0 atom stereocenters. The van der Waals surface area contributed by atoms with Crippen molar-refractivity contribution in [3.05, 3.63) is 82.4 Å². The summed E-state index contributed by atoms with van der Waals surface area (Å²) >= 11 is 0. The standard InChI is InChI=1S/C27H27F5O3/c1-33-14-19-15-34-25(35-16-19)11-5-17-3-9-22-21(12-17)8-7-20(26(22)29)6-2-18-4-10-23(24(28)13-18)27(30,31)32/h3-4,7-10,12-13,19,25H,2,5-6,11,14-16H2,1H3. The van der Waals surface area contributed by atoms with E-state index in [1.807, 2.05) is 18.2 Å². The van der Waals surface area contributed by atoms with Crippen molar-refractivity contribution in [2.75, 3.05) is 26.9 Å². The van der Waals surface area contributed by atoms with Gasteiger partial charge in [-0.2, -0.15) is 13.2 Å². The summed E-state index contributed by atoms with van der Waals surface area (Å²) in [5, 5.41) is 1.23. The first kappa shape index (κ1) is 25.5. The number of ether oxygens (including phenoxy) is 3. The Bertz CT molecular complexity index is 1150. The number of fused-ring (bicyclic) bond motifs is 1. The fourth-order valence-electron chi connectivity index (χ4n) is 4.32. The van der Waals surface area contributed by atoms with Crippen LogP contribution in [-0.4, -0.2) is 33.2 Å². The summed E-state index contributed by atoms with van der Waals surface area (Å²) in [6, 6.07) is 11.9. The van der Waals surface area contributed by atoms with Crippen LogP contribution in [0.15, 0.2) is 48.5 Å². The summed E-state index contributed by atoms with van der Waals surface area (Å²) in [6.07, 6.45) is -3.13. The molecule has 1 fully saturated rings. The fraction of sp³-hybridized carbons (Fsp3) is 0.407. The van der Waals surface area contributed by atoms with Crippen molar-refractivity contribution in [3.8, 4) is 0 Å². The molecule has 4 rings (SSSR count). The molecule has 1 heterocycles. The van der Waals surface area contributed by atoms with E-state index < -0.39 is 17.6 Å².